The summed E-state index contributed by atoms with van der Waals surface area (Å²) in [7, 11) is 1.65. The minimum Gasteiger partial charge on any atom is -0.497 e. The zero-order valence-electron chi connectivity index (χ0n) is 18.8. The molecule has 1 saturated heterocycles. The molecule has 3 heterocycles. The smallest absolute Gasteiger partial charge is 0.272 e. The summed E-state index contributed by atoms with van der Waals surface area (Å²) in [5.41, 5.74) is 2.76. The third-order valence-electron chi connectivity index (χ3n) is 5.85. The van der Waals surface area contributed by atoms with Gasteiger partial charge in [0.15, 0.2) is 5.69 Å². The number of benzene rings is 2. The molecule has 0 bridgehead atoms. The number of morpholine rings is 1. The molecule has 2 aromatic heterocycles. The predicted molar refractivity (Wildman–Crippen MR) is 131 cm³/mol. The van der Waals surface area contributed by atoms with Gasteiger partial charge in [-0.05, 0) is 29.8 Å². The molecule has 8 nitrogen and oxygen atoms in total. The molecular formula is C25H25N5O3S. The average molecular weight is 476 g/mol. The lowest BCUT2D eigenvalue weighted by Gasteiger charge is -2.35. The monoisotopic (exact) mass is 475 g/mol. The molecule has 174 valence electrons. The molecule has 1 amide bonds. The quantitative estimate of drug-likeness (QED) is 0.437. The van der Waals surface area contributed by atoms with Crippen LogP contribution in [-0.2, 0) is 4.74 Å². The number of nitrogens with one attached hydrogen (secondary N) is 1. The number of carbonyl (C=O) groups is 1. The molecule has 5 rings (SSSR count). The molecule has 0 spiro atoms. The van der Waals surface area contributed by atoms with Crippen LogP contribution in [0.1, 0.15) is 22.1 Å². The topological polar surface area (TPSA) is 89.5 Å². The zero-order chi connectivity index (χ0) is 23.3. The van der Waals surface area contributed by atoms with Crippen molar-refractivity contribution in [2.45, 2.75) is 6.04 Å². The van der Waals surface area contributed by atoms with Gasteiger partial charge < -0.3 is 14.8 Å². The number of amides is 1. The molecule has 2 aromatic carbocycles. The van der Waals surface area contributed by atoms with Crippen LogP contribution in [0.5, 0.6) is 5.75 Å². The number of ether oxygens (including phenoxy) is 2. The minimum atomic E-state index is -0.269. The van der Waals surface area contributed by atoms with Gasteiger partial charge >= 0.3 is 0 Å². The number of rotatable bonds is 7. The Balaban J connectivity index is 1.38. The number of methoxy groups -OCH3 is 1. The van der Waals surface area contributed by atoms with E-state index >= 15 is 0 Å². The number of carbonyl (C=O) groups excluding carboxylic acids is 1. The summed E-state index contributed by atoms with van der Waals surface area (Å²) in [6.07, 6.45) is 3.13. The largest absolute Gasteiger partial charge is 0.497 e. The lowest BCUT2D eigenvalue weighted by Crippen LogP contribution is -2.44. The van der Waals surface area contributed by atoms with E-state index in [1.807, 2.05) is 48.5 Å². The molecule has 1 aliphatic rings. The summed E-state index contributed by atoms with van der Waals surface area (Å²) in [5, 5.41) is 3.77. The second kappa shape index (κ2) is 10.3. The second-order valence-corrected chi connectivity index (χ2v) is 8.92. The Morgan fingerprint density at radius 3 is 2.65 bits per heavy atom. The van der Waals surface area contributed by atoms with E-state index < -0.39 is 0 Å². The van der Waals surface area contributed by atoms with Crippen LogP contribution in [0.25, 0.3) is 20.9 Å². The maximum atomic E-state index is 13.3. The van der Waals surface area contributed by atoms with Crippen molar-refractivity contribution in [2.24, 2.45) is 0 Å². The van der Waals surface area contributed by atoms with Crippen molar-refractivity contribution in [3.8, 4) is 16.5 Å². The first-order valence-corrected chi connectivity index (χ1v) is 12.0. The molecule has 0 saturated carbocycles. The van der Waals surface area contributed by atoms with Crippen LogP contribution in [0.2, 0.25) is 0 Å². The van der Waals surface area contributed by atoms with E-state index in [9.17, 15) is 4.79 Å². The first-order chi connectivity index (χ1) is 16.7. The Hall–Kier alpha value is -3.40. The predicted octanol–water partition coefficient (Wildman–Crippen LogP) is 3.57. The molecule has 0 aliphatic carbocycles. The van der Waals surface area contributed by atoms with Crippen LogP contribution in [-0.4, -0.2) is 65.7 Å². The SMILES string of the molecule is COc1ccc([C@@H](CNC(=O)c2nccnc2-c2nc3ccccc3s2)N2CCOCC2)cc1. The van der Waals surface area contributed by atoms with Crippen LogP contribution < -0.4 is 10.1 Å². The van der Waals surface area contributed by atoms with Gasteiger partial charge in [0.2, 0.25) is 0 Å². The van der Waals surface area contributed by atoms with Gasteiger partial charge in [-0.1, -0.05) is 24.3 Å². The maximum Gasteiger partial charge on any atom is 0.272 e. The van der Waals surface area contributed by atoms with Crippen molar-refractivity contribution in [2.75, 3.05) is 40.0 Å². The van der Waals surface area contributed by atoms with Crippen LogP contribution in [0.3, 0.4) is 0 Å². The van der Waals surface area contributed by atoms with Crippen LogP contribution in [0, 0.1) is 0 Å². The second-order valence-electron chi connectivity index (χ2n) is 7.89. The highest BCUT2D eigenvalue weighted by Crippen LogP contribution is 2.30. The molecule has 0 unspecified atom stereocenters. The summed E-state index contributed by atoms with van der Waals surface area (Å²) < 4.78 is 11.9. The highest BCUT2D eigenvalue weighted by Gasteiger charge is 2.25. The van der Waals surface area contributed by atoms with Crippen molar-refractivity contribution < 1.29 is 14.3 Å². The van der Waals surface area contributed by atoms with Crippen LogP contribution in [0.15, 0.2) is 60.9 Å². The molecular weight excluding hydrogens is 450 g/mol. The molecule has 4 aromatic rings. The fourth-order valence-corrected chi connectivity index (χ4v) is 5.04. The Kier molecular flexibility index (Phi) is 6.75. The van der Waals surface area contributed by atoms with Gasteiger partial charge in [0.05, 0.1) is 36.6 Å². The van der Waals surface area contributed by atoms with E-state index in [2.05, 4.69) is 25.2 Å². The van der Waals surface area contributed by atoms with Gasteiger partial charge in [-0.15, -0.1) is 11.3 Å². The van der Waals surface area contributed by atoms with Gasteiger partial charge in [0.1, 0.15) is 16.5 Å². The molecule has 1 fully saturated rings. The molecule has 34 heavy (non-hydrogen) atoms. The standard InChI is InChI=1S/C25H25N5O3S/c1-32-18-8-6-17(7-9-18)20(30-12-14-33-15-13-30)16-28-24(31)22-23(27-11-10-26-22)25-29-19-4-2-3-5-21(19)34-25/h2-11,20H,12-16H2,1H3,(H,28,31)/t20-/m1/s1. The molecule has 1 atom stereocenters. The van der Waals surface area contributed by atoms with E-state index in [4.69, 9.17) is 9.47 Å². The van der Waals surface area contributed by atoms with Gasteiger partial charge in [0.25, 0.3) is 5.91 Å². The lowest BCUT2D eigenvalue weighted by atomic mass is 10.0. The van der Waals surface area contributed by atoms with Gasteiger partial charge in [-0.25, -0.2) is 15.0 Å². The van der Waals surface area contributed by atoms with Crippen molar-refractivity contribution >= 4 is 27.5 Å². The summed E-state index contributed by atoms with van der Waals surface area (Å²) in [6, 6.07) is 15.8. The summed E-state index contributed by atoms with van der Waals surface area (Å²) in [4.78, 5) is 29.1. The zero-order valence-corrected chi connectivity index (χ0v) is 19.6. The number of hydrogen-bond donors (Lipinski definition) is 1. The van der Waals surface area contributed by atoms with Crippen LogP contribution >= 0.6 is 11.3 Å². The minimum absolute atomic E-state index is 0.00123. The highest BCUT2D eigenvalue weighted by molar-refractivity contribution is 7.21. The number of thiazole rings is 1. The average Bonchev–Trinajstić information content (AvgIpc) is 3.34. The fourth-order valence-electron chi connectivity index (χ4n) is 4.08. The van der Waals surface area contributed by atoms with E-state index in [1.165, 1.54) is 17.5 Å². The summed E-state index contributed by atoms with van der Waals surface area (Å²) in [6.45, 7) is 3.38. The Labute approximate surface area is 201 Å². The molecule has 1 aliphatic heterocycles. The maximum absolute atomic E-state index is 13.3. The number of aromatic nitrogens is 3. The van der Waals surface area contributed by atoms with E-state index in [-0.39, 0.29) is 17.6 Å². The van der Waals surface area contributed by atoms with E-state index in [0.29, 0.717) is 30.5 Å². The van der Waals surface area contributed by atoms with E-state index in [1.54, 1.807) is 13.3 Å². The Morgan fingerprint density at radius 2 is 1.88 bits per heavy atom. The van der Waals surface area contributed by atoms with Gasteiger partial charge in [0, 0.05) is 32.0 Å². The first-order valence-electron chi connectivity index (χ1n) is 11.1. The summed E-state index contributed by atoms with van der Waals surface area (Å²) in [5.74, 6) is 0.530. The number of hydrogen-bond acceptors (Lipinski definition) is 8. The molecule has 9 heteroatoms. The van der Waals surface area contributed by atoms with Crippen molar-refractivity contribution in [3.05, 3.63) is 72.2 Å². The van der Waals surface area contributed by atoms with E-state index in [0.717, 1.165) is 34.6 Å². The number of nitrogens with zero attached hydrogens (tertiary/aromatic N) is 4. The fraction of sp³-hybridized carbons (Fsp3) is 0.280. The highest BCUT2D eigenvalue weighted by atomic mass is 32.1. The van der Waals surface area contributed by atoms with Gasteiger partial charge in [-0.3, -0.25) is 9.69 Å². The normalized spacial score (nSPS) is 15.2. The first kappa shape index (κ1) is 22.4. The van der Waals surface area contributed by atoms with Crippen LogP contribution in [0.4, 0.5) is 0 Å². The van der Waals surface area contributed by atoms with Crippen molar-refractivity contribution in [1.29, 1.82) is 0 Å². The van der Waals surface area contributed by atoms with Crippen molar-refractivity contribution in [3.63, 3.8) is 0 Å². The Bertz CT molecular complexity index is 1240. The third kappa shape index (κ3) is 4.77. The molecule has 0 radical (unpaired) electrons. The summed E-state index contributed by atoms with van der Waals surface area (Å²) >= 11 is 1.50. The number of para-hydroxylation sites is 1. The third-order valence-corrected chi connectivity index (χ3v) is 6.90. The molecule has 1 N–H and O–H groups in total. The van der Waals surface area contributed by atoms with Crippen molar-refractivity contribution in [1.82, 2.24) is 25.2 Å². The van der Waals surface area contributed by atoms with Gasteiger partial charge in [-0.2, -0.15) is 0 Å². The Morgan fingerprint density at radius 1 is 1.12 bits per heavy atom. The lowest BCUT2D eigenvalue weighted by molar-refractivity contribution is 0.0162. The number of fused-ring (bicyclic) bond motifs is 1.